The molecule has 2 N–H and O–H groups in total. The lowest BCUT2D eigenvalue weighted by Gasteiger charge is -2.01. The van der Waals surface area contributed by atoms with Gasteiger partial charge in [-0.3, -0.25) is 0 Å². The Morgan fingerprint density at radius 1 is 1.10 bits per heavy atom. The van der Waals surface area contributed by atoms with Crippen LogP contribution in [0, 0.1) is 13.8 Å². The average Bonchev–Trinajstić information content (AvgIpc) is 3.03. The van der Waals surface area contributed by atoms with Crippen LogP contribution in [0.5, 0.6) is 0 Å². The lowest BCUT2D eigenvalue weighted by molar-refractivity contribution is 1.11. The van der Waals surface area contributed by atoms with Gasteiger partial charge in [0.05, 0.1) is 11.0 Å². The molecule has 0 spiro atoms. The summed E-state index contributed by atoms with van der Waals surface area (Å²) in [5, 5.41) is 3.39. The molecule has 0 aliphatic carbocycles. The summed E-state index contributed by atoms with van der Waals surface area (Å²) in [4.78, 5) is 8.23. The number of H-pyrrole nitrogens is 1. The normalized spacial score (nSPS) is 13.5. The minimum atomic E-state index is 0.961. The minimum absolute atomic E-state index is 0.961. The number of aromatic amines is 1. The van der Waals surface area contributed by atoms with Gasteiger partial charge in [0.1, 0.15) is 5.82 Å². The van der Waals surface area contributed by atoms with E-state index in [1.54, 1.807) is 0 Å². The minimum Gasteiger partial charge on any atom is -0.384 e. The monoisotopic (exact) mass is 263 g/mol. The van der Waals surface area contributed by atoms with Crippen molar-refractivity contribution in [1.82, 2.24) is 9.97 Å². The van der Waals surface area contributed by atoms with Crippen molar-refractivity contribution < 1.29 is 0 Å². The van der Waals surface area contributed by atoms with Crippen molar-refractivity contribution in [1.29, 1.82) is 0 Å². The standard InChI is InChI=1S/C17H17N3/c1-10-7-11(2)16-15(8-10)19-17(20-16)13-3-4-14-12(9-13)5-6-18-14/h3-4,7-9,18H,5-6H2,1-2H3,(H,19,20). The zero-order chi connectivity index (χ0) is 13.7. The highest BCUT2D eigenvalue weighted by Gasteiger charge is 2.13. The van der Waals surface area contributed by atoms with Gasteiger partial charge >= 0.3 is 0 Å². The van der Waals surface area contributed by atoms with E-state index in [1.165, 1.54) is 27.9 Å². The van der Waals surface area contributed by atoms with E-state index in [4.69, 9.17) is 4.98 Å². The van der Waals surface area contributed by atoms with Gasteiger partial charge in [-0.25, -0.2) is 4.98 Å². The smallest absolute Gasteiger partial charge is 0.138 e. The van der Waals surface area contributed by atoms with Crippen LogP contribution < -0.4 is 5.32 Å². The number of aryl methyl sites for hydroxylation is 2. The van der Waals surface area contributed by atoms with Gasteiger partial charge in [0.25, 0.3) is 0 Å². The van der Waals surface area contributed by atoms with Crippen molar-refractivity contribution in [2.24, 2.45) is 0 Å². The Morgan fingerprint density at radius 3 is 2.90 bits per heavy atom. The van der Waals surface area contributed by atoms with Crippen molar-refractivity contribution in [2.45, 2.75) is 20.3 Å². The third-order valence-electron chi connectivity index (χ3n) is 4.01. The molecule has 0 bridgehead atoms. The molecule has 1 aliphatic rings. The van der Waals surface area contributed by atoms with Crippen LogP contribution in [0.1, 0.15) is 16.7 Å². The van der Waals surface area contributed by atoms with Crippen LogP contribution in [0.15, 0.2) is 30.3 Å². The maximum absolute atomic E-state index is 4.77. The molecule has 2 heterocycles. The summed E-state index contributed by atoms with van der Waals surface area (Å²) in [7, 11) is 0. The molecule has 2 aromatic carbocycles. The van der Waals surface area contributed by atoms with Crippen molar-refractivity contribution >= 4 is 16.7 Å². The lowest BCUT2D eigenvalue weighted by atomic mass is 10.1. The molecule has 0 saturated carbocycles. The molecule has 0 atom stereocenters. The number of fused-ring (bicyclic) bond motifs is 2. The fraction of sp³-hybridized carbons (Fsp3) is 0.235. The fourth-order valence-electron chi connectivity index (χ4n) is 3.06. The average molecular weight is 263 g/mol. The van der Waals surface area contributed by atoms with E-state index < -0.39 is 0 Å². The number of anilines is 1. The third kappa shape index (κ3) is 1.70. The number of rotatable bonds is 1. The van der Waals surface area contributed by atoms with Crippen molar-refractivity contribution in [3.8, 4) is 11.4 Å². The second kappa shape index (κ2) is 4.10. The van der Waals surface area contributed by atoms with Gasteiger partial charge in [-0.05, 0) is 61.2 Å². The van der Waals surface area contributed by atoms with Gasteiger partial charge in [0.15, 0.2) is 0 Å². The molecule has 0 amide bonds. The van der Waals surface area contributed by atoms with Gasteiger partial charge in [-0.1, -0.05) is 6.07 Å². The van der Waals surface area contributed by atoms with E-state index in [9.17, 15) is 0 Å². The predicted molar refractivity (Wildman–Crippen MR) is 83.2 cm³/mol. The Balaban J connectivity index is 1.88. The van der Waals surface area contributed by atoms with Crippen LogP contribution in [-0.2, 0) is 6.42 Å². The van der Waals surface area contributed by atoms with E-state index in [1.807, 2.05) is 0 Å². The number of benzene rings is 2. The number of nitrogens with zero attached hydrogens (tertiary/aromatic N) is 1. The molecule has 1 aliphatic heterocycles. The molecule has 0 saturated heterocycles. The summed E-state index contributed by atoms with van der Waals surface area (Å²) >= 11 is 0. The second-order valence-corrected chi connectivity index (χ2v) is 5.61. The quantitative estimate of drug-likeness (QED) is 0.701. The number of nitrogens with one attached hydrogen (secondary N) is 2. The summed E-state index contributed by atoms with van der Waals surface area (Å²) in [5.41, 5.74) is 8.50. The molecular weight excluding hydrogens is 246 g/mol. The van der Waals surface area contributed by atoms with E-state index in [0.717, 1.165) is 29.8 Å². The first-order valence-electron chi connectivity index (χ1n) is 7.05. The SMILES string of the molecule is Cc1cc(C)c2nc(-c3ccc4c(c3)CCN4)[nH]c2c1. The van der Waals surface area contributed by atoms with Crippen LogP contribution in [-0.4, -0.2) is 16.5 Å². The molecule has 3 nitrogen and oxygen atoms in total. The van der Waals surface area contributed by atoms with Crippen LogP contribution in [0.2, 0.25) is 0 Å². The third-order valence-corrected chi connectivity index (χ3v) is 4.01. The fourth-order valence-corrected chi connectivity index (χ4v) is 3.06. The number of hydrogen-bond donors (Lipinski definition) is 2. The summed E-state index contributed by atoms with van der Waals surface area (Å²) in [6.45, 7) is 5.28. The summed E-state index contributed by atoms with van der Waals surface area (Å²) in [6.07, 6.45) is 1.10. The van der Waals surface area contributed by atoms with Gasteiger partial charge in [0, 0.05) is 17.8 Å². The molecule has 1 aromatic heterocycles. The summed E-state index contributed by atoms with van der Waals surface area (Å²) in [5.74, 6) is 0.961. The molecule has 20 heavy (non-hydrogen) atoms. The molecule has 0 radical (unpaired) electrons. The van der Waals surface area contributed by atoms with E-state index in [2.05, 4.69) is 54.5 Å². The Labute approximate surface area is 118 Å². The topological polar surface area (TPSA) is 40.7 Å². The summed E-state index contributed by atoms with van der Waals surface area (Å²) < 4.78 is 0. The summed E-state index contributed by atoms with van der Waals surface area (Å²) in [6, 6.07) is 10.9. The van der Waals surface area contributed by atoms with E-state index >= 15 is 0 Å². The lowest BCUT2D eigenvalue weighted by Crippen LogP contribution is -1.90. The highest BCUT2D eigenvalue weighted by Crippen LogP contribution is 2.29. The second-order valence-electron chi connectivity index (χ2n) is 5.61. The highest BCUT2D eigenvalue weighted by atomic mass is 14.9. The van der Waals surface area contributed by atoms with E-state index in [0.29, 0.717) is 0 Å². The van der Waals surface area contributed by atoms with Gasteiger partial charge in [-0.2, -0.15) is 0 Å². The zero-order valence-electron chi connectivity index (χ0n) is 11.7. The Hall–Kier alpha value is -2.29. The van der Waals surface area contributed by atoms with Gasteiger partial charge < -0.3 is 10.3 Å². The van der Waals surface area contributed by atoms with Crippen molar-refractivity contribution in [3.63, 3.8) is 0 Å². The van der Waals surface area contributed by atoms with Crippen LogP contribution in [0.4, 0.5) is 5.69 Å². The number of aromatic nitrogens is 2. The highest BCUT2D eigenvalue weighted by molar-refractivity contribution is 5.83. The molecule has 3 aromatic rings. The number of hydrogen-bond acceptors (Lipinski definition) is 2. The van der Waals surface area contributed by atoms with Crippen LogP contribution >= 0.6 is 0 Å². The molecule has 4 rings (SSSR count). The van der Waals surface area contributed by atoms with Crippen LogP contribution in [0.25, 0.3) is 22.4 Å². The van der Waals surface area contributed by atoms with Crippen molar-refractivity contribution in [3.05, 3.63) is 47.0 Å². The Bertz CT molecular complexity index is 814. The molecule has 0 fully saturated rings. The molecule has 0 unspecified atom stereocenters. The first kappa shape index (κ1) is 11.5. The largest absolute Gasteiger partial charge is 0.384 e. The molecule has 3 heteroatoms. The molecule has 100 valence electrons. The van der Waals surface area contributed by atoms with Crippen LogP contribution in [0.3, 0.4) is 0 Å². The predicted octanol–water partition coefficient (Wildman–Crippen LogP) is 3.81. The molecular formula is C17H17N3. The van der Waals surface area contributed by atoms with E-state index in [-0.39, 0.29) is 0 Å². The zero-order valence-corrected chi connectivity index (χ0v) is 11.7. The Morgan fingerprint density at radius 2 is 2.00 bits per heavy atom. The van der Waals surface area contributed by atoms with Gasteiger partial charge in [0.2, 0.25) is 0 Å². The maximum Gasteiger partial charge on any atom is 0.138 e. The van der Waals surface area contributed by atoms with Crippen molar-refractivity contribution in [2.75, 3.05) is 11.9 Å². The first-order valence-corrected chi connectivity index (χ1v) is 7.05. The van der Waals surface area contributed by atoms with Gasteiger partial charge in [-0.15, -0.1) is 0 Å². The first-order chi connectivity index (χ1) is 9.70. The Kier molecular flexibility index (Phi) is 2.36. The number of imidazole rings is 1. The maximum atomic E-state index is 4.77.